The van der Waals surface area contributed by atoms with Crippen LogP contribution in [0.15, 0.2) is 51.6 Å². The predicted molar refractivity (Wildman–Crippen MR) is 94.1 cm³/mol. The molecule has 7 nitrogen and oxygen atoms in total. The molecule has 3 rings (SSSR count). The van der Waals surface area contributed by atoms with Gasteiger partial charge < -0.3 is 14.5 Å². The first kappa shape index (κ1) is 17.0. The van der Waals surface area contributed by atoms with Crippen molar-refractivity contribution in [2.45, 2.75) is 6.92 Å². The molecule has 1 amide bonds. The summed E-state index contributed by atoms with van der Waals surface area (Å²) >= 11 is 3.37. The summed E-state index contributed by atoms with van der Waals surface area (Å²) in [7, 11) is 0. The monoisotopic (exact) mass is 403 g/mol. The number of hydrogen-bond acceptors (Lipinski definition) is 5. The van der Waals surface area contributed by atoms with Crippen molar-refractivity contribution in [3.05, 3.63) is 58.4 Å². The lowest BCUT2D eigenvalue weighted by Gasteiger charge is -2.08. The quantitative estimate of drug-likeness (QED) is 0.634. The van der Waals surface area contributed by atoms with Crippen LogP contribution in [0.25, 0.3) is 11.5 Å². The van der Waals surface area contributed by atoms with E-state index in [4.69, 9.17) is 9.15 Å². The molecule has 0 radical (unpaired) electrons. The highest BCUT2D eigenvalue weighted by Gasteiger charge is 2.15. The van der Waals surface area contributed by atoms with Crippen molar-refractivity contribution in [1.29, 1.82) is 0 Å². The van der Waals surface area contributed by atoms with Crippen molar-refractivity contribution < 1.29 is 18.7 Å². The topological polar surface area (TPSA) is 97.2 Å². The summed E-state index contributed by atoms with van der Waals surface area (Å²) in [6, 6.07) is 10.4. The van der Waals surface area contributed by atoms with Gasteiger partial charge in [-0.15, -0.1) is 0 Å². The van der Waals surface area contributed by atoms with Gasteiger partial charge in [-0.05, 0) is 52.7 Å². The number of benzene rings is 1. The summed E-state index contributed by atoms with van der Waals surface area (Å²) in [4.78, 5) is 23.9. The van der Waals surface area contributed by atoms with Crippen molar-refractivity contribution in [2.24, 2.45) is 0 Å². The van der Waals surface area contributed by atoms with Crippen LogP contribution in [0.1, 0.15) is 16.1 Å². The first-order valence-corrected chi connectivity index (χ1v) is 8.14. The zero-order valence-electron chi connectivity index (χ0n) is 13.2. The molecule has 3 aromatic rings. The summed E-state index contributed by atoms with van der Waals surface area (Å²) in [6.07, 6.45) is 1.51. The minimum atomic E-state index is -0.677. The first-order valence-electron chi connectivity index (χ1n) is 7.35. The van der Waals surface area contributed by atoms with E-state index in [9.17, 15) is 9.59 Å². The fourth-order valence-corrected chi connectivity index (χ4v) is 2.69. The average Bonchev–Trinajstić information content (AvgIpc) is 3.26. The van der Waals surface area contributed by atoms with Crippen LogP contribution in [0.2, 0.25) is 0 Å². The van der Waals surface area contributed by atoms with Crippen LogP contribution in [0, 0.1) is 6.92 Å². The fourth-order valence-electron chi connectivity index (χ4n) is 2.09. The highest BCUT2D eigenvalue weighted by Crippen LogP contribution is 2.23. The van der Waals surface area contributed by atoms with Crippen molar-refractivity contribution in [2.75, 3.05) is 11.9 Å². The lowest BCUT2D eigenvalue weighted by molar-refractivity contribution is -0.119. The molecule has 0 saturated carbocycles. The Labute approximate surface area is 151 Å². The molecule has 0 fully saturated rings. The Morgan fingerprint density at radius 2 is 2.16 bits per heavy atom. The molecule has 0 atom stereocenters. The first-order chi connectivity index (χ1) is 12.0. The number of carbonyl (C=O) groups is 2. The second-order valence-corrected chi connectivity index (χ2v) is 6.11. The number of nitrogens with zero attached hydrogens (tertiary/aromatic N) is 1. The molecule has 2 aromatic heterocycles. The number of aryl methyl sites for hydroxylation is 1. The van der Waals surface area contributed by atoms with Crippen LogP contribution in [0.5, 0.6) is 0 Å². The molecule has 2 N–H and O–H groups in total. The Morgan fingerprint density at radius 1 is 1.32 bits per heavy atom. The van der Waals surface area contributed by atoms with Gasteiger partial charge in [-0.1, -0.05) is 6.07 Å². The molecule has 8 heteroatoms. The van der Waals surface area contributed by atoms with E-state index in [2.05, 4.69) is 31.4 Å². The molecule has 0 aliphatic rings. The SMILES string of the molecule is Cc1ccc(NC(=O)COC(=O)c2cc(-c3ccco3)n[nH]2)c(Br)c1. The number of carbonyl (C=O) groups excluding carboxylic acids is 2. The van der Waals surface area contributed by atoms with Gasteiger partial charge in [-0.25, -0.2) is 4.79 Å². The van der Waals surface area contributed by atoms with E-state index in [1.54, 1.807) is 18.2 Å². The van der Waals surface area contributed by atoms with Gasteiger partial charge in [-0.2, -0.15) is 5.10 Å². The third-order valence-electron chi connectivity index (χ3n) is 3.30. The lowest BCUT2D eigenvalue weighted by atomic mass is 10.2. The van der Waals surface area contributed by atoms with E-state index >= 15 is 0 Å². The summed E-state index contributed by atoms with van der Waals surface area (Å²) < 4.78 is 10.9. The van der Waals surface area contributed by atoms with E-state index in [0.717, 1.165) is 10.0 Å². The van der Waals surface area contributed by atoms with Crippen LogP contribution in [-0.4, -0.2) is 28.7 Å². The summed E-state index contributed by atoms with van der Waals surface area (Å²) in [5, 5.41) is 9.19. The Morgan fingerprint density at radius 3 is 2.88 bits per heavy atom. The number of rotatable bonds is 5. The standard InChI is InChI=1S/C17H14BrN3O4/c1-10-4-5-12(11(18)7-10)19-16(22)9-25-17(23)14-8-13(20-21-14)15-3-2-6-24-15/h2-8H,9H2,1H3,(H,19,22)(H,20,21). The summed E-state index contributed by atoms with van der Waals surface area (Å²) in [5.74, 6) is -0.593. The van der Waals surface area contributed by atoms with Crippen molar-refractivity contribution in [3.8, 4) is 11.5 Å². The average molecular weight is 404 g/mol. The zero-order chi connectivity index (χ0) is 17.8. The largest absolute Gasteiger partial charge is 0.463 e. The highest BCUT2D eigenvalue weighted by molar-refractivity contribution is 9.10. The maximum absolute atomic E-state index is 12.0. The van der Waals surface area contributed by atoms with Gasteiger partial charge in [-0.3, -0.25) is 9.89 Å². The second-order valence-electron chi connectivity index (χ2n) is 5.25. The smallest absolute Gasteiger partial charge is 0.356 e. The van der Waals surface area contributed by atoms with Crippen LogP contribution in [0.3, 0.4) is 0 Å². The van der Waals surface area contributed by atoms with E-state index in [1.165, 1.54) is 12.3 Å². The van der Waals surface area contributed by atoms with Crippen LogP contribution in [0.4, 0.5) is 5.69 Å². The van der Waals surface area contributed by atoms with E-state index in [1.807, 2.05) is 19.1 Å². The van der Waals surface area contributed by atoms with Crippen molar-refractivity contribution >= 4 is 33.5 Å². The van der Waals surface area contributed by atoms with Crippen molar-refractivity contribution in [3.63, 3.8) is 0 Å². The van der Waals surface area contributed by atoms with E-state index in [-0.39, 0.29) is 5.69 Å². The molecule has 1 aromatic carbocycles. The normalized spacial score (nSPS) is 10.5. The maximum atomic E-state index is 12.0. The molecule has 128 valence electrons. The summed E-state index contributed by atoms with van der Waals surface area (Å²) in [6.45, 7) is 1.54. The molecular weight excluding hydrogens is 390 g/mol. The number of anilines is 1. The van der Waals surface area contributed by atoms with Gasteiger partial charge in [0.05, 0.1) is 12.0 Å². The molecule has 2 heterocycles. The molecule has 0 unspecified atom stereocenters. The maximum Gasteiger partial charge on any atom is 0.356 e. The second kappa shape index (κ2) is 7.35. The molecule has 0 spiro atoms. The van der Waals surface area contributed by atoms with E-state index < -0.39 is 18.5 Å². The molecule has 0 saturated heterocycles. The molecule has 0 aliphatic heterocycles. The number of nitrogens with one attached hydrogen (secondary N) is 2. The fraction of sp³-hybridized carbons (Fsp3) is 0.118. The van der Waals surface area contributed by atoms with Crippen LogP contribution in [-0.2, 0) is 9.53 Å². The van der Waals surface area contributed by atoms with Gasteiger partial charge in [0.15, 0.2) is 12.4 Å². The number of aromatic nitrogens is 2. The molecule has 0 aliphatic carbocycles. The number of amides is 1. The molecule has 0 bridgehead atoms. The predicted octanol–water partition coefficient (Wildman–Crippen LogP) is 3.54. The molecular formula is C17H14BrN3O4. The lowest BCUT2D eigenvalue weighted by Crippen LogP contribution is -2.21. The van der Waals surface area contributed by atoms with E-state index in [0.29, 0.717) is 17.1 Å². The van der Waals surface area contributed by atoms with Gasteiger partial charge in [0, 0.05) is 10.5 Å². The number of H-pyrrole nitrogens is 1. The number of furan rings is 1. The number of esters is 1. The number of hydrogen-bond donors (Lipinski definition) is 2. The Kier molecular flexibility index (Phi) is 4.99. The Hall–Kier alpha value is -2.87. The van der Waals surface area contributed by atoms with Gasteiger partial charge in [0.2, 0.25) is 0 Å². The third kappa shape index (κ3) is 4.16. The van der Waals surface area contributed by atoms with Crippen LogP contribution < -0.4 is 5.32 Å². The van der Waals surface area contributed by atoms with Crippen LogP contribution >= 0.6 is 15.9 Å². The molecule has 25 heavy (non-hydrogen) atoms. The number of halogens is 1. The number of ether oxygens (including phenoxy) is 1. The minimum absolute atomic E-state index is 0.135. The Bertz CT molecular complexity index is 903. The summed E-state index contributed by atoms with van der Waals surface area (Å²) in [5.41, 5.74) is 2.27. The zero-order valence-corrected chi connectivity index (χ0v) is 14.8. The van der Waals surface area contributed by atoms with Crippen molar-refractivity contribution in [1.82, 2.24) is 10.2 Å². The van der Waals surface area contributed by atoms with Gasteiger partial charge in [0.1, 0.15) is 11.4 Å². The minimum Gasteiger partial charge on any atom is -0.463 e. The van der Waals surface area contributed by atoms with Gasteiger partial charge >= 0.3 is 5.97 Å². The van der Waals surface area contributed by atoms with Gasteiger partial charge in [0.25, 0.3) is 5.91 Å². The number of aromatic amines is 1. The Balaban J connectivity index is 1.56. The third-order valence-corrected chi connectivity index (χ3v) is 3.96. The highest BCUT2D eigenvalue weighted by atomic mass is 79.9.